The Bertz CT molecular complexity index is 411. The van der Waals surface area contributed by atoms with Crippen molar-refractivity contribution in [2.45, 2.75) is 50.7 Å². The van der Waals surface area contributed by atoms with Crippen LogP contribution in [0.2, 0.25) is 0 Å². The van der Waals surface area contributed by atoms with Gasteiger partial charge in [-0.2, -0.15) is 0 Å². The third-order valence-corrected chi connectivity index (χ3v) is 4.18. The van der Waals surface area contributed by atoms with E-state index in [1.807, 2.05) is 0 Å². The van der Waals surface area contributed by atoms with Crippen LogP contribution in [0.3, 0.4) is 0 Å². The summed E-state index contributed by atoms with van der Waals surface area (Å²) in [5, 5.41) is 9.99. The van der Waals surface area contributed by atoms with Gasteiger partial charge in [0.1, 0.15) is 0 Å². The van der Waals surface area contributed by atoms with E-state index in [4.69, 9.17) is 5.73 Å². The standard InChI is InChI=1S/C15H21NO/c16-14(15(17)12-6-7-12)9-10-4-5-11-2-1-3-13(11)8-10/h4-5,8,12,14-15,17H,1-3,6-7,9,16H2. The molecular weight excluding hydrogens is 210 g/mol. The Morgan fingerprint density at radius 2 is 2.00 bits per heavy atom. The van der Waals surface area contributed by atoms with E-state index >= 15 is 0 Å². The molecule has 0 bridgehead atoms. The van der Waals surface area contributed by atoms with Gasteiger partial charge < -0.3 is 10.8 Å². The summed E-state index contributed by atoms with van der Waals surface area (Å²) in [6.07, 6.45) is 6.54. The van der Waals surface area contributed by atoms with Crippen LogP contribution in [0.25, 0.3) is 0 Å². The predicted octanol–water partition coefficient (Wildman–Crippen LogP) is 1.82. The van der Waals surface area contributed by atoms with Crippen molar-refractivity contribution in [1.29, 1.82) is 0 Å². The van der Waals surface area contributed by atoms with Crippen LogP contribution in [0.15, 0.2) is 18.2 Å². The molecule has 0 aromatic heterocycles. The first kappa shape index (κ1) is 11.2. The molecule has 0 aliphatic heterocycles. The van der Waals surface area contributed by atoms with E-state index in [9.17, 15) is 5.11 Å². The van der Waals surface area contributed by atoms with E-state index in [1.165, 1.54) is 36.0 Å². The zero-order chi connectivity index (χ0) is 11.8. The van der Waals surface area contributed by atoms with Crippen LogP contribution in [0.4, 0.5) is 0 Å². The summed E-state index contributed by atoms with van der Waals surface area (Å²) in [5.74, 6) is 0.472. The SMILES string of the molecule is NC(Cc1ccc2c(c1)CCC2)C(O)C1CC1. The maximum absolute atomic E-state index is 9.99. The maximum atomic E-state index is 9.99. The summed E-state index contributed by atoms with van der Waals surface area (Å²) >= 11 is 0. The highest BCUT2D eigenvalue weighted by Crippen LogP contribution is 2.34. The minimum atomic E-state index is -0.303. The van der Waals surface area contributed by atoms with Crippen molar-refractivity contribution in [3.05, 3.63) is 34.9 Å². The first-order chi connectivity index (χ1) is 8.24. The normalized spacial score (nSPS) is 22.2. The van der Waals surface area contributed by atoms with Gasteiger partial charge in [-0.15, -0.1) is 0 Å². The number of nitrogens with two attached hydrogens (primary N) is 1. The minimum Gasteiger partial charge on any atom is -0.391 e. The first-order valence-corrected chi connectivity index (χ1v) is 6.78. The highest BCUT2D eigenvalue weighted by Gasteiger charge is 2.33. The first-order valence-electron chi connectivity index (χ1n) is 6.78. The Morgan fingerprint density at radius 1 is 1.24 bits per heavy atom. The molecule has 0 radical (unpaired) electrons. The van der Waals surface area contributed by atoms with Crippen LogP contribution < -0.4 is 5.73 Å². The molecule has 2 nitrogen and oxygen atoms in total. The van der Waals surface area contributed by atoms with E-state index in [1.54, 1.807) is 0 Å². The lowest BCUT2D eigenvalue weighted by Crippen LogP contribution is -2.38. The Hall–Kier alpha value is -0.860. The Balaban J connectivity index is 1.68. The zero-order valence-electron chi connectivity index (χ0n) is 10.2. The van der Waals surface area contributed by atoms with Gasteiger partial charge in [0.05, 0.1) is 6.10 Å². The molecule has 2 aliphatic rings. The Kier molecular flexibility index (Phi) is 2.93. The van der Waals surface area contributed by atoms with E-state index < -0.39 is 0 Å². The van der Waals surface area contributed by atoms with E-state index in [0.717, 1.165) is 19.3 Å². The number of aryl methyl sites for hydroxylation is 2. The van der Waals surface area contributed by atoms with Crippen LogP contribution in [0.5, 0.6) is 0 Å². The molecule has 1 fully saturated rings. The van der Waals surface area contributed by atoms with Gasteiger partial charge >= 0.3 is 0 Å². The number of fused-ring (bicyclic) bond motifs is 1. The van der Waals surface area contributed by atoms with Crippen molar-refractivity contribution in [3.63, 3.8) is 0 Å². The molecule has 0 spiro atoms. The number of aliphatic hydroxyl groups is 1. The van der Waals surface area contributed by atoms with Gasteiger partial charge in [0.2, 0.25) is 0 Å². The second-order valence-electron chi connectivity index (χ2n) is 5.65. The fourth-order valence-corrected chi connectivity index (χ4v) is 2.93. The molecule has 0 saturated heterocycles. The smallest absolute Gasteiger partial charge is 0.0722 e. The van der Waals surface area contributed by atoms with Gasteiger partial charge in [0.25, 0.3) is 0 Å². The fourth-order valence-electron chi connectivity index (χ4n) is 2.93. The maximum Gasteiger partial charge on any atom is 0.0722 e. The lowest BCUT2D eigenvalue weighted by Gasteiger charge is -2.18. The summed E-state index contributed by atoms with van der Waals surface area (Å²) in [5.41, 5.74) is 10.4. The number of benzene rings is 1. The van der Waals surface area contributed by atoms with Gasteiger partial charge in [0.15, 0.2) is 0 Å². The number of hydrogen-bond donors (Lipinski definition) is 2. The van der Waals surface area contributed by atoms with Crippen molar-refractivity contribution in [2.75, 3.05) is 0 Å². The van der Waals surface area contributed by atoms with E-state index in [2.05, 4.69) is 18.2 Å². The number of rotatable bonds is 4. The molecule has 2 aliphatic carbocycles. The zero-order valence-corrected chi connectivity index (χ0v) is 10.2. The molecule has 1 aromatic rings. The molecule has 2 atom stereocenters. The number of aliphatic hydroxyl groups excluding tert-OH is 1. The number of hydrogen-bond acceptors (Lipinski definition) is 2. The van der Waals surface area contributed by atoms with Gasteiger partial charge in [0, 0.05) is 6.04 Å². The molecule has 0 heterocycles. The van der Waals surface area contributed by atoms with Crippen molar-refractivity contribution in [3.8, 4) is 0 Å². The molecule has 3 N–H and O–H groups in total. The molecule has 1 aromatic carbocycles. The molecule has 3 rings (SSSR count). The third-order valence-electron chi connectivity index (χ3n) is 4.18. The average Bonchev–Trinajstić information content (AvgIpc) is 3.07. The van der Waals surface area contributed by atoms with Crippen LogP contribution in [-0.4, -0.2) is 17.3 Å². The van der Waals surface area contributed by atoms with Crippen molar-refractivity contribution in [1.82, 2.24) is 0 Å². The van der Waals surface area contributed by atoms with E-state index in [0.29, 0.717) is 5.92 Å². The van der Waals surface area contributed by atoms with E-state index in [-0.39, 0.29) is 12.1 Å². The minimum absolute atomic E-state index is 0.0954. The van der Waals surface area contributed by atoms with Gasteiger partial charge in [-0.1, -0.05) is 18.2 Å². The Labute approximate surface area is 103 Å². The summed E-state index contributed by atoms with van der Waals surface area (Å²) < 4.78 is 0. The van der Waals surface area contributed by atoms with Gasteiger partial charge in [-0.3, -0.25) is 0 Å². The molecule has 2 unspecified atom stereocenters. The van der Waals surface area contributed by atoms with Crippen LogP contribution in [-0.2, 0) is 19.3 Å². The van der Waals surface area contributed by atoms with Crippen molar-refractivity contribution in [2.24, 2.45) is 11.7 Å². The topological polar surface area (TPSA) is 46.2 Å². The van der Waals surface area contributed by atoms with Gasteiger partial charge in [-0.25, -0.2) is 0 Å². The summed E-state index contributed by atoms with van der Waals surface area (Å²) in [4.78, 5) is 0. The van der Waals surface area contributed by atoms with Crippen LogP contribution >= 0.6 is 0 Å². The summed E-state index contributed by atoms with van der Waals surface area (Å²) in [6.45, 7) is 0. The molecular formula is C15H21NO. The largest absolute Gasteiger partial charge is 0.391 e. The van der Waals surface area contributed by atoms with Gasteiger partial charge in [-0.05, 0) is 61.1 Å². The quantitative estimate of drug-likeness (QED) is 0.830. The van der Waals surface area contributed by atoms with Crippen LogP contribution in [0, 0.1) is 5.92 Å². The summed E-state index contributed by atoms with van der Waals surface area (Å²) in [6, 6.07) is 6.63. The second kappa shape index (κ2) is 4.43. The summed E-state index contributed by atoms with van der Waals surface area (Å²) in [7, 11) is 0. The monoisotopic (exact) mass is 231 g/mol. The highest BCUT2D eigenvalue weighted by atomic mass is 16.3. The molecule has 0 amide bonds. The lowest BCUT2D eigenvalue weighted by atomic mass is 9.97. The molecule has 1 saturated carbocycles. The molecule has 92 valence electrons. The lowest BCUT2D eigenvalue weighted by molar-refractivity contribution is 0.122. The second-order valence-corrected chi connectivity index (χ2v) is 5.65. The average molecular weight is 231 g/mol. The highest BCUT2D eigenvalue weighted by molar-refractivity contribution is 5.35. The third kappa shape index (κ3) is 2.38. The molecule has 17 heavy (non-hydrogen) atoms. The van der Waals surface area contributed by atoms with Crippen LogP contribution in [0.1, 0.15) is 36.0 Å². The predicted molar refractivity (Wildman–Crippen MR) is 68.9 cm³/mol. The fraction of sp³-hybridized carbons (Fsp3) is 0.600. The van der Waals surface area contributed by atoms with Crippen molar-refractivity contribution >= 4 is 0 Å². The van der Waals surface area contributed by atoms with Crippen molar-refractivity contribution < 1.29 is 5.11 Å². The molecule has 2 heteroatoms. The Morgan fingerprint density at radius 3 is 2.76 bits per heavy atom.